The molecule has 2 heterocycles. The molecule has 0 spiro atoms. The fourth-order valence-corrected chi connectivity index (χ4v) is 4.78. The normalized spacial score (nSPS) is 10.5. The van der Waals surface area contributed by atoms with Gasteiger partial charge in [0.05, 0.1) is 33.9 Å². The highest BCUT2D eigenvalue weighted by molar-refractivity contribution is 5.97. The highest BCUT2D eigenvalue weighted by atomic mass is 16.5. The van der Waals surface area contributed by atoms with E-state index < -0.39 is 0 Å². The van der Waals surface area contributed by atoms with Crippen LogP contribution in [0.1, 0.15) is 56.8 Å². The van der Waals surface area contributed by atoms with Gasteiger partial charge in [0.1, 0.15) is 0 Å². The van der Waals surface area contributed by atoms with Gasteiger partial charge in [-0.05, 0) is 70.5 Å². The van der Waals surface area contributed by atoms with Crippen molar-refractivity contribution in [1.82, 2.24) is 9.13 Å². The van der Waals surface area contributed by atoms with Crippen molar-refractivity contribution in [2.45, 2.75) is 54.1 Å². The Hall–Kier alpha value is -5.12. The topological polar surface area (TPSA) is 126 Å². The number of Topliss-reactive ketones (excluding diaryl/α,β-unsaturated/α-hetero) is 2. The molecule has 0 saturated carbocycles. The van der Waals surface area contributed by atoms with Gasteiger partial charge in [0, 0.05) is 58.2 Å². The van der Waals surface area contributed by atoms with E-state index in [-0.39, 0.29) is 41.3 Å². The van der Waals surface area contributed by atoms with Crippen LogP contribution < -0.4 is 25.1 Å². The van der Waals surface area contributed by atoms with Crippen molar-refractivity contribution in [2.75, 3.05) is 20.8 Å². The zero-order chi connectivity index (χ0) is 33.3. The number of nitrogens with zero attached hydrogens (tertiary/aromatic N) is 2. The van der Waals surface area contributed by atoms with Crippen molar-refractivity contribution in [3.8, 4) is 23.0 Å². The van der Waals surface area contributed by atoms with Gasteiger partial charge in [-0.15, -0.1) is 0 Å². The first-order chi connectivity index (χ1) is 21.4. The van der Waals surface area contributed by atoms with E-state index in [4.69, 9.17) is 14.2 Å². The molecule has 0 radical (unpaired) electrons. The Morgan fingerprint density at radius 2 is 1.07 bits per heavy atom. The molecule has 10 nitrogen and oxygen atoms in total. The summed E-state index contributed by atoms with van der Waals surface area (Å²) in [4.78, 5) is 47.8. The number of phenols is 1. The quantitative estimate of drug-likeness (QED) is 0.228. The maximum absolute atomic E-state index is 12.6. The minimum absolute atomic E-state index is 0.0474. The van der Waals surface area contributed by atoms with E-state index in [1.807, 2.05) is 25.3 Å². The molecule has 2 aromatic carbocycles. The number of rotatable bonds is 11. The predicted molar refractivity (Wildman–Crippen MR) is 172 cm³/mol. The van der Waals surface area contributed by atoms with E-state index in [2.05, 4.69) is 0 Å². The summed E-state index contributed by atoms with van der Waals surface area (Å²) in [5.41, 5.74) is 3.82. The highest BCUT2D eigenvalue weighted by Gasteiger charge is 2.14. The first-order valence-corrected chi connectivity index (χ1v) is 14.5. The SMILES string of the molecule is CCCOc1cc(C(=O)Cn2c(C)cc(=O)cc2C)ccc1OC.COc1ccc(C(=O)Cn2c(C)cc(=O)cc2C)cc1O. The molecule has 4 aromatic rings. The Bertz CT molecular complexity index is 1750. The van der Waals surface area contributed by atoms with Crippen molar-refractivity contribution in [2.24, 2.45) is 0 Å². The molecular formula is C35H40N2O8. The number of pyridine rings is 2. The Kier molecular flexibility index (Phi) is 11.9. The maximum atomic E-state index is 12.6. The number of phenolic OH excluding ortho intramolecular Hbond substituents is 1. The summed E-state index contributed by atoms with van der Waals surface area (Å²) in [6.07, 6.45) is 0.872. The molecule has 0 fully saturated rings. The number of carbonyl (C=O) groups excluding carboxylic acids is 2. The van der Waals surface area contributed by atoms with Gasteiger partial charge < -0.3 is 28.5 Å². The van der Waals surface area contributed by atoms with E-state index >= 15 is 0 Å². The molecule has 2 aromatic heterocycles. The highest BCUT2D eigenvalue weighted by Crippen LogP contribution is 2.29. The molecule has 1 N–H and O–H groups in total. The van der Waals surface area contributed by atoms with E-state index in [0.29, 0.717) is 35.0 Å². The average Bonchev–Trinajstić information content (AvgIpc) is 2.99. The monoisotopic (exact) mass is 616 g/mol. The smallest absolute Gasteiger partial charge is 0.182 e. The molecule has 10 heteroatoms. The zero-order valence-electron chi connectivity index (χ0n) is 26.8. The summed E-state index contributed by atoms with van der Waals surface area (Å²) in [7, 11) is 3.02. The molecule has 4 rings (SSSR count). The number of ether oxygens (including phenoxy) is 3. The standard InChI is InChI=1S/C19H23NO4.C16H17NO4/c1-5-8-24-19-11-15(6-7-18(19)23-4)17(22)12-20-13(2)9-16(21)10-14(20)3;1-10-6-13(18)7-11(2)17(10)9-15(20)12-4-5-16(21-3)14(19)8-12/h6-7,9-11H,5,8,12H2,1-4H3;4-8,19H,9H2,1-3H3. The number of ketones is 2. The minimum Gasteiger partial charge on any atom is -0.504 e. The first-order valence-electron chi connectivity index (χ1n) is 14.5. The summed E-state index contributed by atoms with van der Waals surface area (Å²) in [6.45, 7) is 10.1. The van der Waals surface area contributed by atoms with E-state index in [1.54, 1.807) is 55.9 Å². The first kappa shape index (κ1) is 34.4. The lowest BCUT2D eigenvalue weighted by Crippen LogP contribution is -2.18. The third kappa shape index (κ3) is 8.95. The number of aromatic hydroxyl groups is 1. The molecule has 0 bridgehead atoms. The van der Waals surface area contributed by atoms with Crippen molar-refractivity contribution < 1.29 is 28.9 Å². The summed E-state index contributed by atoms with van der Waals surface area (Å²) in [6, 6.07) is 15.8. The fourth-order valence-electron chi connectivity index (χ4n) is 4.78. The summed E-state index contributed by atoms with van der Waals surface area (Å²) in [5, 5.41) is 9.73. The lowest BCUT2D eigenvalue weighted by atomic mass is 10.1. The third-order valence-corrected chi connectivity index (χ3v) is 7.16. The molecule has 238 valence electrons. The van der Waals surface area contributed by atoms with Crippen LogP contribution in [0.4, 0.5) is 0 Å². The maximum Gasteiger partial charge on any atom is 0.182 e. The Balaban J connectivity index is 0.000000248. The second kappa shape index (κ2) is 15.6. The molecule has 0 unspecified atom stereocenters. The summed E-state index contributed by atoms with van der Waals surface area (Å²) >= 11 is 0. The molecule has 0 aliphatic carbocycles. The third-order valence-electron chi connectivity index (χ3n) is 7.16. The van der Waals surface area contributed by atoms with Gasteiger partial charge in [0.15, 0.2) is 45.4 Å². The van der Waals surface area contributed by atoms with Gasteiger partial charge in [-0.2, -0.15) is 0 Å². The van der Waals surface area contributed by atoms with Gasteiger partial charge in [0.25, 0.3) is 0 Å². The van der Waals surface area contributed by atoms with Crippen LogP contribution in [0.2, 0.25) is 0 Å². The number of carbonyl (C=O) groups is 2. The molecule has 0 aliphatic rings. The summed E-state index contributed by atoms with van der Waals surface area (Å²) < 4.78 is 19.5. The van der Waals surface area contributed by atoms with E-state index in [1.165, 1.54) is 37.4 Å². The van der Waals surface area contributed by atoms with Crippen LogP contribution in [-0.4, -0.2) is 46.6 Å². The molecule has 0 atom stereocenters. The van der Waals surface area contributed by atoms with Gasteiger partial charge in [0.2, 0.25) is 0 Å². The fraction of sp³-hybridized carbons (Fsp3) is 0.314. The molecule has 0 amide bonds. The predicted octanol–water partition coefficient (Wildman–Crippen LogP) is 5.21. The molecule has 45 heavy (non-hydrogen) atoms. The lowest BCUT2D eigenvalue weighted by Gasteiger charge is -2.15. The van der Waals surface area contributed by atoms with E-state index in [9.17, 15) is 24.3 Å². The lowest BCUT2D eigenvalue weighted by molar-refractivity contribution is 0.0962. The van der Waals surface area contributed by atoms with Gasteiger partial charge >= 0.3 is 0 Å². The number of aromatic nitrogens is 2. The summed E-state index contributed by atoms with van der Waals surface area (Å²) in [5.74, 6) is 1.23. The van der Waals surface area contributed by atoms with Crippen LogP contribution >= 0.6 is 0 Å². The van der Waals surface area contributed by atoms with E-state index in [0.717, 1.165) is 29.2 Å². The van der Waals surface area contributed by atoms with Crippen LogP contribution in [0.15, 0.2) is 70.3 Å². The number of benzene rings is 2. The van der Waals surface area contributed by atoms with Crippen molar-refractivity contribution in [3.05, 3.63) is 115 Å². The number of methoxy groups -OCH3 is 2. The Morgan fingerprint density at radius 3 is 1.47 bits per heavy atom. The van der Waals surface area contributed by atoms with Crippen molar-refractivity contribution >= 4 is 11.6 Å². The average molecular weight is 617 g/mol. The Labute approximate surface area is 262 Å². The second-order valence-corrected chi connectivity index (χ2v) is 10.6. The van der Waals surface area contributed by atoms with Crippen molar-refractivity contribution in [1.29, 1.82) is 0 Å². The van der Waals surface area contributed by atoms with Crippen LogP contribution in [0.25, 0.3) is 0 Å². The Morgan fingerprint density at radius 1 is 0.644 bits per heavy atom. The van der Waals surface area contributed by atoms with Gasteiger partial charge in [-0.25, -0.2) is 0 Å². The second-order valence-electron chi connectivity index (χ2n) is 10.6. The van der Waals surface area contributed by atoms with Crippen LogP contribution in [0, 0.1) is 27.7 Å². The van der Waals surface area contributed by atoms with Crippen LogP contribution in [0.3, 0.4) is 0 Å². The number of hydrogen-bond donors (Lipinski definition) is 1. The van der Waals surface area contributed by atoms with Crippen LogP contribution in [-0.2, 0) is 13.1 Å². The molecule has 0 saturated heterocycles. The largest absolute Gasteiger partial charge is 0.504 e. The zero-order valence-corrected chi connectivity index (χ0v) is 26.8. The van der Waals surface area contributed by atoms with Crippen LogP contribution in [0.5, 0.6) is 23.0 Å². The van der Waals surface area contributed by atoms with Gasteiger partial charge in [-0.3, -0.25) is 19.2 Å². The minimum atomic E-state index is -0.150. The number of hydrogen-bond acceptors (Lipinski definition) is 8. The van der Waals surface area contributed by atoms with Gasteiger partial charge in [-0.1, -0.05) is 6.92 Å². The molecule has 0 aliphatic heterocycles. The number of aryl methyl sites for hydroxylation is 4. The van der Waals surface area contributed by atoms with Crippen molar-refractivity contribution in [3.63, 3.8) is 0 Å². The molecular weight excluding hydrogens is 576 g/mol.